The van der Waals surface area contributed by atoms with E-state index in [2.05, 4.69) is 22.5 Å². The van der Waals surface area contributed by atoms with Crippen molar-refractivity contribution in [2.45, 2.75) is 95.8 Å². The minimum Gasteiger partial charge on any atom is -0.497 e. The molecule has 2 aromatic carbocycles. The molecule has 2 N–H and O–H groups in total. The molecule has 0 radical (unpaired) electrons. The Labute approximate surface area is 256 Å². The number of unbranched alkanes of at least 4 members (excludes halogenated alkanes) is 1. The van der Waals surface area contributed by atoms with Gasteiger partial charge < -0.3 is 20.3 Å². The summed E-state index contributed by atoms with van der Waals surface area (Å²) in [6.45, 7) is 5.50. The topological polar surface area (TPSA) is 91.0 Å². The molecule has 0 bridgehead atoms. The highest BCUT2D eigenvalue weighted by atomic mass is 16.5. The number of benzene rings is 2. The van der Waals surface area contributed by atoms with Gasteiger partial charge in [0.2, 0.25) is 11.8 Å². The normalized spacial score (nSPS) is 21.1. The highest BCUT2D eigenvalue weighted by Crippen LogP contribution is 2.36. The minimum absolute atomic E-state index is 0.0497. The number of hydrogen-bond donors (Lipinski definition) is 2. The van der Waals surface area contributed by atoms with Crippen LogP contribution in [0, 0.1) is 5.92 Å². The summed E-state index contributed by atoms with van der Waals surface area (Å²) < 4.78 is 5.19. The van der Waals surface area contributed by atoms with Crippen LogP contribution in [0.15, 0.2) is 48.5 Å². The van der Waals surface area contributed by atoms with Crippen LogP contribution in [0.5, 0.6) is 5.75 Å². The Hall–Kier alpha value is -3.39. The van der Waals surface area contributed by atoms with Gasteiger partial charge in [0, 0.05) is 38.3 Å². The van der Waals surface area contributed by atoms with E-state index in [1.165, 1.54) is 32.1 Å². The van der Waals surface area contributed by atoms with E-state index in [-0.39, 0.29) is 23.8 Å². The molecule has 8 nitrogen and oxygen atoms in total. The maximum absolute atomic E-state index is 13.8. The van der Waals surface area contributed by atoms with Gasteiger partial charge in [-0.2, -0.15) is 0 Å². The molecule has 43 heavy (non-hydrogen) atoms. The van der Waals surface area contributed by atoms with Crippen molar-refractivity contribution in [1.82, 2.24) is 20.4 Å². The van der Waals surface area contributed by atoms with Gasteiger partial charge in [-0.1, -0.05) is 69.7 Å². The van der Waals surface area contributed by atoms with Crippen molar-refractivity contribution in [1.29, 1.82) is 0 Å². The van der Waals surface area contributed by atoms with Crippen LogP contribution in [-0.2, 0) is 22.7 Å². The molecule has 5 rings (SSSR count). The third-order valence-corrected chi connectivity index (χ3v) is 9.76. The average molecular weight is 589 g/mol. The maximum atomic E-state index is 13.8. The number of ether oxygens (including phenoxy) is 1. The van der Waals surface area contributed by atoms with Crippen LogP contribution in [0.25, 0.3) is 0 Å². The number of piperidine rings is 1. The summed E-state index contributed by atoms with van der Waals surface area (Å²) >= 11 is 0. The lowest BCUT2D eigenvalue weighted by Crippen LogP contribution is -2.73. The lowest BCUT2D eigenvalue weighted by Gasteiger charge is -2.52. The first-order valence-electron chi connectivity index (χ1n) is 16.3. The number of rotatable bonds is 11. The molecule has 2 heterocycles. The molecule has 1 atom stereocenters. The zero-order chi connectivity index (χ0) is 30.2. The summed E-state index contributed by atoms with van der Waals surface area (Å²) in [5.74, 6) is 1.40. The van der Waals surface area contributed by atoms with E-state index in [4.69, 9.17) is 4.74 Å². The van der Waals surface area contributed by atoms with E-state index < -0.39 is 5.54 Å². The quantitative estimate of drug-likeness (QED) is 0.383. The molecule has 2 aliphatic heterocycles. The van der Waals surface area contributed by atoms with Crippen LogP contribution in [0.2, 0.25) is 0 Å². The van der Waals surface area contributed by atoms with Crippen LogP contribution in [0.3, 0.4) is 0 Å². The number of hydrogen-bond acceptors (Lipinski definition) is 5. The van der Waals surface area contributed by atoms with Gasteiger partial charge in [0.15, 0.2) is 0 Å². The number of nitrogens with one attached hydrogen (secondary N) is 2. The number of piperazine rings is 1. The minimum atomic E-state index is -0.738. The third-order valence-electron chi connectivity index (χ3n) is 9.76. The molecule has 1 saturated carbocycles. The number of methoxy groups -OCH3 is 1. The maximum Gasteiger partial charge on any atom is 0.251 e. The standard InChI is InChI=1S/C35H48N4O4/c1-3-4-20-39-33(41)31(23-26-8-6-5-7-9-26)37-34(42)35(39)18-21-38(22-19-35)25-28-10-14-29(15-11-28)32(40)36-24-27-12-16-30(43-2)17-13-27/h10-17,26,31H,3-9,18-25H2,1-2H3,(H,36,40)(H,37,42)/t31-/m0/s1. The smallest absolute Gasteiger partial charge is 0.251 e. The van der Waals surface area contributed by atoms with Gasteiger partial charge in [-0.25, -0.2) is 0 Å². The first-order chi connectivity index (χ1) is 20.9. The molecule has 3 amide bonds. The van der Waals surface area contributed by atoms with E-state index in [9.17, 15) is 14.4 Å². The fraction of sp³-hybridized carbons (Fsp3) is 0.571. The highest BCUT2D eigenvalue weighted by molar-refractivity contribution is 6.00. The van der Waals surface area contributed by atoms with E-state index >= 15 is 0 Å². The number of likely N-dealkylation sites (tertiary alicyclic amines) is 1. The summed E-state index contributed by atoms with van der Waals surface area (Å²) in [5.41, 5.74) is 2.02. The van der Waals surface area contributed by atoms with Crippen LogP contribution >= 0.6 is 0 Å². The molecule has 1 spiro atoms. The fourth-order valence-electron chi connectivity index (χ4n) is 7.06. The summed E-state index contributed by atoms with van der Waals surface area (Å²) in [4.78, 5) is 44.5. The van der Waals surface area contributed by atoms with Gasteiger partial charge in [0.05, 0.1) is 7.11 Å². The summed E-state index contributed by atoms with van der Waals surface area (Å²) in [6.07, 6.45) is 10.1. The van der Waals surface area contributed by atoms with E-state index in [0.29, 0.717) is 37.4 Å². The van der Waals surface area contributed by atoms with Crippen molar-refractivity contribution in [2.75, 3.05) is 26.7 Å². The molecular weight excluding hydrogens is 540 g/mol. The Bertz CT molecular complexity index is 1230. The lowest BCUT2D eigenvalue weighted by atomic mass is 9.79. The molecule has 3 fully saturated rings. The predicted molar refractivity (Wildman–Crippen MR) is 168 cm³/mol. The molecule has 0 unspecified atom stereocenters. The summed E-state index contributed by atoms with van der Waals surface area (Å²) in [7, 11) is 1.63. The number of carbonyl (C=O) groups is 3. The lowest BCUT2D eigenvalue weighted by molar-refractivity contribution is -0.162. The molecule has 8 heteroatoms. The average Bonchev–Trinajstić information content (AvgIpc) is 3.04. The van der Waals surface area contributed by atoms with Gasteiger partial charge >= 0.3 is 0 Å². The highest BCUT2D eigenvalue weighted by Gasteiger charge is 2.53. The molecular formula is C35H48N4O4. The second-order valence-electron chi connectivity index (χ2n) is 12.6. The third kappa shape index (κ3) is 7.40. The van der Waals surface area contributed by atoms with Gasteiger partial charge in [-0.15, -0.1) is 0 Å². The first kappa shape index (κ1) is 31.0. The fourth-order valence-corrected chi connectivity index (χ4v) is 7.06. The molecule has 2 aromatic rings. The molecule has 232 valence electrons. The number of nitrogens with zero attached hydrogens (tertiary/aromatic N) is 2. The van der Waals surface area contributed by atoms with Crippen molar-refractivity contribution in [3.63, 3.8) is 0 Å². The van der Waals surface area contributed by atoms with Gasteiger partial charge in [-0.05, 0) is 67.0 Å². The first-order valence-corrected chi connectivity index (χ1v) is 16.3. The Balaban J connectivity index is 1.15. The zero-order valence-corrected chi connectivity index (χ0v) is 25.9. The second kappa shape index (κ2) is 14.4. The van der Waals surface area contributed by atoms with Crippen molar-refractivity contribution in [3.8, 4) is 5.75 Å². The van der Waals surface area contributed by atoms with Crippen LogP contribution in [-0.4, -0.2) is 65.8 Å². The van der Waals surface area contributed by atoms with Gasteiger partial charge in [0.25, 0.3) is 5.91 Å². The number of carbonyl (C=O) groups excluding carboxylic acids is 3. The number of amides is 3. The van der Waals surface area contributed by atoms with Crippen molar-refractivity contribution in [2.24, 2.45) is 5.92 Å². The Kier molecular flexibility index (Phi) is 10.4. The monoisotopic (exact) mass is 588 g/mol. The van der Waals surface area contributed by atoms with Crippen LogP contribution in [0.1, 0.15) is 92.6 Å². The Morgan fingerprint density at radius 1 is 0.977 bits per heavy atom. The van der Waals surface area contributed by atoms with E-state index in [1.807, 2.05) is 53.4 Å². The summed E-state index contributed by atoms with van der Waals surface area (Å²) in [5, 5.41) is 6.17. The predicted octanol–water partition coefficient (Wildman–Crippen LogP) is 5.06. The molecule has 2 saturated heterocycles. The molecule has 1 aliphatic carbocycles. The van der Waals surface area contributed by atoms with Crippen LogP contribution < -0.4 is 15.4 Å². The SMILES string of the molecule is CCCCN1C(=O)[C@H](CC2CCCCC2)NC(=O)C12CCN(Cc1ccc(C(=O)NCc3ccc(OC)cc3)cc1)CC2. The van der Waals surface area contributed by atoms with Crippen molar-refractivity contribution >= 4 is 17.7 Å². The summed E-state index contributed by atoms with van der Waals surface area (Å²) in [6, 6.07) is 15.0. The van der Waals surface area contributed by atoms with E-state index in [1.54, 1.807) is 7.11 Å². The van der Waals surface area contributed by atoms with Gasteiger partial charge in [0.1, 0.15) is 17.3 Å². The zero-order valence-electron chi connectivity index (χ0n) is 25.9. The Morgan fingerprint density at radius 3 is 2.30 bits per heavy atom. The molecule has 0 aromatic heterocycles. The molecule has 3 aliphatic rings. The largest absolute Gasteiger partial charge is 0.497 e. The second-order valence-corrected chi connectivity index (χ2v) is 12.6. The Morgan fingerprint density at radius 2 is 1.65 bits per heavy atom. The van der Waals surface area contributed by atoms with E-state index in [0.717, 1.165) is 55.8 Å². The van der Waals surface area contributed by atoms with Crippen LogP contribution in [0.4, 0.5) is 0 Å². The van der Waals surface area contributed by atoms with Crippen molar-refractivity contribution < 1.29 is 19.1 Å². The van der Waals surface area contributed by atoms with Gasteiger partial charge in [-0.3, -0.25) is 19.3 Å². The van der Waals surface area contributed by atoms with Crippen molar-refractivity contribution in [3.05, 3.63) is 65.2 Å².